The molecule has 0 aliphatic carbocycles. The molecule has 5 nitrogen and oxygen atoms in total. The Balaban J connectivity index is 1.59. The SMILES string of the molecule is CN1CCCC(c2cnc(CC3CNCCO3)[nH]2)C1. The Morgan fingerprint density at radius 2 is 2.47 bits per heavy atom. The maximum atomic E-state index is 5.72. The maximum Gasteiger partial charge on any atom is 0.108 e. The molecule has 0 aromatic carbocycles. The highest BCUT2D eigenvalue weighted by molar-refractivity contribution is 5.10. The van der Waals surface area contributed by atoms with Crippen LogP contribution in [0.5, 0.6) is 0 Å². The molecular weight excluding hydrogens is 240 g/mol. The van der Waals surface area contributed by atoms with Crippen LogP contribution in [0.15, 0.2) is 6.20 Å². The first-order chi connectivity index (χ1) is 9.31. The number of piperidine rings is 1. The number of morpholine rings is 1. The fourth-order valence-electron chi connectivity index (χ4n) is 3.08. The third-order valence-corrected chi connectivity index (χ3v) is 4.14. The molecule has 1 aromatic rings. The molecule has 19 heavy (non-hydrogen) atoms. The molecular formula is C14H24N4O. The quantitative estimate of drug-likeness (QED) is 0.846. The summed E-state index contributed by atoms with van der Waals surface area (Å²) in [5.74, 6) is 1.68. The third-order valence-electron chi connectivity index (χ3n) is 4.14. The van der Waals surface area contributed by atoms with Gasteiger partial charge in [0.15, 0.2) is 0 Å². The van der Waals surface area contributed by atoms with Crippen molar-refractivity contribution < 1.29 is 4.74 Å². The van der Waals surface area contributed by atoms with Gasteiger partial charge in [-0.1, -0.05) is 0 Å². The van der Waals surface area contributed by atoms with Gasteiger partial charge in [-0.2, -0.15) is 0 Å². The maximum absolute atomic E-state index is 5.72. The highest BCUT2D eigenvalue weighted by Crippen LogP contribution is 2.24. The van der Waals surface area contributed by atoms with Gasteiger partial charge in [-0.05, 0) is 26.4 Å². The van der Waals surface area contributed by atoms with Gasteiger partial charge in [-0.3, -0.25) is 0 Å². The van der Waals surface area contributed by atoms with E-state index in [4.69, 9.17) is 4.74 Å². The van der Waals surface area contributed by atoms with Gasteiger partial charge in [-0.15, -0.1) is 0 Å². The van der Waals surface area contributed by atoms with Gasteiger partial charge < -0.3 is 19.9 Å². The first-order valence-electron chi connectivity index (χ1n) is 7.36. The predicted molar refractivity (Wildman–Crippen MR) is 74.4 cm³/mol. The van der Waals surface area contributed by atoms with Crippen LogP contribution in [0.3, 0.4) is 0 Å². The normalized spacial score (nSPS) is 29.5. The number of H-pyrrole nitrogens is 1. The van der Waals surface area contributed by atoms with E-state index in [9.17, 15) is 0 Å². The summed E-state index contributed by atoms with van der Waals surface area (Å²) in [6, 6.07) is 0. The summed E-state index contributed by atoms with van der Waals surface area (Å²) in [5, 5.41) is 3.36. The van der Waals surface area contributed by atoms with E-state index in [-0.39, 0.29) is 6.10 Å². The minimum atomic E-state index is 0.266. The highest BCUT2D eigenvalue weighted by atomic mass is 16.5. The fourth-order valence-corrected chi connectivity index (χ4v) is 3.08. The lowest BCUT2D eigenvalue weighted by Gasteiger charge is -2.28. The van der Waals surface area contributed by atoms with E-state index in [1.165, 1.54) is 25.1 Å². The number of ether oxygens (including phenoxy) is 1. The third kappa shape index (κ3) is 3.35. The van der Waals surface area contributed by atoms with Crippen molar-refractivity contribution in [1.29, 1.82) is 0 Å². The molecule has 2 unspecified atom stereocenters. The number of rotatable bonds is 3. The number of nitrogens with zero attached hydrogens (tertiary/aromatic N) is 2. The Morgan fingerprint density at radius 1 is 1.53 bits per heavy atom. The van der Waals surface area contributed by atoms with Crippen LogP contribution in [-0.2, 0) is 11.2 Å². The Kier molecular flexibility index (Phi) is 4.15. The molecule has 2 fully saturated rings. The van der Waals surface area contributed by atoms with Crippen molar-refractivity contribution in [2.75, 3.05) is 39.8 Å². The van der Waals surface area contributed by atoms with E-state index in [1.807, 2.05) is 6.20 Å². The molecule has 2 atom stereocenters. The van der Waals surface area contributed by atoms with Crippen LogP contribution in [0.4, 0.5) is 0 Å². The lowest BCUT2D eigenvalue weighted by atomic mass is 9.96. The molecule has 106 valence electrons. The lowest BCUT2D eigenvalue weighted by molar-refractivity contribution is 0.0281. The molecule has 2 aliphatic rings. The molecule has 3 rings (SSSR count). The summed E-state index contributed by atoms with van der Waals surface area (Å²) in [6.45, 7) is 5.07. The lowest BCUT2D eigenvalue weighted by Crippen LogP contribution is -2.39. The molecule has 2 saturated heterocycles. The molecule has 0 amide bonds. The van der Waals surface area contributed by atoms with Crippen molar-refractivity contribution in [3.05, 3.63) is 17.7 Å². The van der Waals surface area contributed by atoms with Crippen molar-refractivity contribution in [2.24, 2.45) is 0 Å². The van der Waals surface area contributed by atoms with E-state index >= 15 is 0 Å². The molecule has 0 bridgehead atoms. The number of nitrogens with one attached hydrogen (secondary N) is 2. The first-order valence-corrected chi connectivity index (χ1v) is 7.36. The molecule has 3 heterocycles. The smallest absolute Gasteiger partial charge is 0.108 e. The van der Waals surface area contributed by atoms with Gasteiger partial charge in [0.25, 0.3) is 0 Å². The average molecular weight is 264 g/mol. The highest BCUT2D eigenvalue weighted by Gasteiger charge is 2.21. The zero-order valence-corrected chi connectivity index (χ0v) is 11.7. The fraction of sp³-hybridized carbons (Fsp3) is 0.786. The van der Waals surface area contributed by atoms with Gasteiger partial charge in [0.1, 0.15) is 5.82 Å². The van der Waals surface area contributed by atoms with E-state index < -0.39 is 0 Å². The van der Waals surface area contributed by atoms with E-state index in [0.717, 1.165) is 38.5 Å². The minimum Gasteiger partial charge on any atom is -0.375 e. The Bertz CT molecular complexity index is 400. The van der Waals surface area contributed by atoms with Crippen molar-refractivity contribution in [3.8, 4) is 0 Å². The van der Waals surface area contributed by atoms with Crippen LogP contribution in [0.1, 0.15) is 30.3 Å². The van der Waals surface area contributed by atoms with E-state index in [2.05, 4.69) is 27.2 Å². The number of likely N-dealkylation sites (N-methyl/N-ethyl adjacent to an activating group) is 1. The molecule has 0 saturated carbocycles. The van der Waals surface area contributed by atoms with Crippen LogP contribution >= 0.6 is 0 Å². The van der Waals surface area contributed by atoms with Crippen molar-refractivity contribution in [2.45, 2.75) is 31.3 Å². The topological polar surface area (TPSA) is 53.2 Å². The Morgan fingerprint density at radius 3 is 3.26 bits per heavy atom. The number of aromatic amines is 1. The molecule has 0 radical (unpaired) electrons. The second-order valence-corrected chi connectivity index (χ2v) is 5.79. The van der Waals surface area contributed by atoms with Crippen molar-refractivity contribution in [1.82, 2.24) is 20.2 Å². The Labute approximate surface area is 114 Å². The zero-order valence-electron chi connectivity index (χ0n) is 11.7. The largest absolute Gasteiger partial charge is 0.375 e. The van der Waals surface area contributed by atoms with Gasteiger partial charge in [0.2, 0.25) is 0 Å². The second-order valence-electron chi connectivity index (χ2n) is 5.79. The monoisotopic (exact) mass is 264 g/mol. The first kappa shape index (κ1) is 13.1. The van der Waals surface area contributed by atoms with Crippen LogP contribution in [0.2, 0.25) is 0 Å². The van der Waals surface area contributed by atoms with Gasteiger partial charge >= 0.3 is 0 Å². The van der Waals surface area contributed by atoms with Crippen LogP contribution in [0, 0.1) is 0 Å². The van der Waals surface area contributed by atoms with Gasteiger partial charge in [0.05, 0.1) is 12.7 Å². The van der Waals surface area contributed by atoms with Crippen LogP contribution in [-0.4, -0.2) is 60.8 Å². The van der Waals surface area contributed by atoms with Gasteiger partial charge in [0, 0.05) is 43.9 Å². The summed E-state index contributed by atoms with van der Waals surface area (Å²) in [5.41, 5.74) is 1.30. The number of hydrogen-bond donors (Lipinski definition) is 2. The summed E-state index contributed by atoms with van der Waals surface area (Å²) >= 11 is 0. The summed E-state index contributed by atoms with van der Waals surface area (Å²) in [6.07, 6.45) is 5.73. The number of imidazole rings is 1. The van der Waals surface area contributed by atoms with E-state index in [1.54, 1.807) is 0 Å². The minimum absolute atomic E-state index is 0.266. The van der Waals surface area contributed by atoms with E-state index in [0.29, 0.717) is 5.92 Å². The average Bonchev–Trinajstić information content (AvgIpc) is 2.88. The second kappa shape index (κ2) is 6.03. The Hall–Kier alpha value is -0.910. The molecule has 5 heteroatoms. The van der Waals surface area contributed by atoms with Crippen molar-refractivity contribution >= 4 is 0 Å². The summed E-state index contributed by atoms with van der Waals surface area (Å²) < 4.78 is 5.72. The molecule has 2 aliphatic heterocycles. The van der Waals surface area contributed by atoms with Gasteiger partial charge in [-0.25, -0.2) is 4.98 Å². The predicted octanol–water partition coefficient (Wildman–Crippen LogP) is 0.750. The standard InChI is InChI=1S/C14H24N4O/c1-18-5-2-3-11(10-18)13-9-16-14(17-13)7-12-8-15-4-6-19-12/h9,11-12,15H,2-8,10H2,1H3,(H,16,17). The zero-order chi connectivity index (χ0) is 13.1. The number of hydrogen-bond acceptors (Lipinski definition) is 4. The van der Waals surface area contributed by atoms with Crippen molar-refractivity contribution in [3.63, 3.8) is 0 Å². The summed E-state index contributed by atoms with van der Waals surface area (Å²) in [7, 11) is 2.20. The summed E-state index contributed by atoms with van der Waals surface area (Å²) in [4.78, 5) is 10.4. The van der Waals surface area contributed by atoms with Crippen LogP contribution in [0.25, 0.3) is 0 Å². The molecule has 2 N–H and O–H groups in total. The molecule has 0 spiro atoms. The molecule has 1 aromatic heterocycles. The van der Waals surface area contributed by atoms with Crippen LogP contribution < -0.4 is 5.32 Å². The number of likely N-dealkylation sites (tertiary alicyclic amines) is 1. The number of aromatic nitrogens is 2.